The molecule has 1 aromatic carbocycles. The SMILES string of the molecule is CCON=C(c1ccc(S(C)(=O)=O)c(-c2nc3cc(C(F)(F)F)ccc3n2C)n1)N(C)C. The summed E-state index contributed by atoms with van der Waals surface area (Å²) in [5.41, 5.74) is -0.0640. The normalized spacial score (nSPS) is 12.9. The highest BCUT2D eigenvalue weighted by Crippen LogP contribution is 2.33. The van der Waals surface area contributed by atoms with Gasteiger partial charge in [-0.3, -0.25) is 0 Å². The minimum absolute atomic E-state index is 0.00306. The Hall–Kier alpha value is -3.15. The third-order valence-corrected chi connectivity index (χ3v) is 5.74. The summed E-state index contributed by atoms with van der Waals surface area (Å²) in [5.74, 6) is 0.447. The van der Waals surface area contributed by atoms with Crippen LogP contribution in [0, 0.1) is 0 Å². The molecule has 0 fully saturated rings. The van der Waals surface area contributed by atoms with E-state index in [0.29, 0.717) is 23.7 Å². The van der Waals surface area contributed by atoms with Gasteiger partial charge in [0.15, 0.2) is 21.5 Å². The number of hydrogen-bond acceptors (Lipinski definition) is 6. The average Bonchev–Trinajstić information content (AvgIpc) is 3.02. The van der Waals surface area contributed by atoms with Gasteiger partial charge >= 0.3 is 6.18 Å². The van der Waals surface area contributed by atoms with Gasteiger partial charge in [-0.2, -0.15) is 13.2 Å². The molecular weight excluding hydrogens is 447 g/mol. The highest BCUT2D eigenvalue weighted by Gasteiger charge is 2.31. The second-order valence-electron chi connectivity index (χ2n) is 7.24. The maximum absolute atomic E-state index is 13.1. The summed E-state index contributed by atoms with van der Waals surface area (Å²) in [6.45, 7) is 2.08. The van der Waals surface area contributed by atoms with Gasteiger partial charge in [-0.1, -0.05) is 5.16 Å². The van der Waals surface area contributed by atoms with Gasteiger partial charge in [0, 0.05) is 27.4 Å². The van der Waals surface area contributed by atoms with Crippen LogP contribution in [0.15, 0.2) is 40.4 Å². The number of nitrogens with zero attached hydrogens (tertiary/aromatic N) is 5. The van der Waals surface area contributed by atoms with E-state index in [0.717, 1.165) is 18.4 Å². The monoisotopic (exact) mass is 469 g/mol. The zero-order valence-corrected chi connectivity index (χ0v) is 18.9. The zero-order valence-electron chi connectivity index (χ0n) is 18.1. The smallest absolute Gasteiger partial charge is 0.394 e. The number of pyridine rings is 1. The van der Waals surface area contributed by atoms with Crippen LogP contribution in [-0.2, 0) is 27.9 Å². The standard InChI is InChI=1S/C20H22F3N5O3S/c1-6-31-26-18(27(2)3)13-8-10-16(32(5,29)30)17(24-13)19-25-14-11-12(20(21,22)23)7-9-15(14)28(19)4/h7-11H,6H2,1-5H3. The molecule has 2 heterocycles. The second-order valence-corrected chi connectivity index (χ2v) is 9.22. The van der Waals surface area contributed by atoms with Crippen molar-refractivity contribution in [3.05, 3.63) is 41.6 Å². The van der Waals surface area contributed by atoms with Crippen LogP contribution < -0.4 is 0 Å². The number of sulfone groups is 1. The summed E-state index contributed by atoms with van der Waals surface area (Å²) < 4.78 is 65.8. The molecule has 3 aromatic rings. The molecule has 0 saturated heterocycles. The Morgan fingerprint density at radius 3 is 2.44 bits per heavy atom. The predicted octanol–water partition coefficient (Wildman–Crippen LogP) is 3.32. The quantitative estimate of drug-likeness (QED) is 0.324. The van der Waals surface area contributed by atoms with Crippen molar-refractivity contribution in [2.75, 3.05) is 27.0 Å². The van der Waals surface area contributed by atoms with Crippen LogP contribution in [0.5, 0.6) is 0 Å². The molecule has 12 heteroatoms. The molecule has 8 nitrogen and oxygen atoms in total. The van der Waals surface area contributed by atoms with E-state index in [1.54, 1.807) is 33.0 Å². The summed E-state index contributed by atoms with van der Waals surface area (Å²) in [5, 5.41) is 4.02. The van der Waals surface area contributed by atoms with E-state index in [-0.39, 0.29) is 21.9 Å². The molecule has 0 bridgehead atoms. The minimum atomic E-state index is -4.53. The summed E-state index contributed by atoms with van der Waals surface area (Å²) >= 11 is 0. The third kappa shape index (κ3) is 4.54. The molecule has 0 aliphatic carbocycles. The molecule has 0 aliphatic rings. The van der Waals surface area contributed by atoms with Crippen LogP contribution in [0.3, 0.4) is 0 Å². The Morgan fingerprint density at radius 1 is 1.19 bits per heavy atom. The fourth-order valence-corrected chi connectivity index (χ4v) is 3.90. The molecule has 0 aliphatic heterocycles. The topological polar surface area (TPSA) is 89.7 Å². The lowest BCUT2D eigenvalue weighted by Gasteiger charge is -2.16. The summed E-state index contributed by atoms with van der Waals surface area (Å²) in [7, 11) is 1.29. The van der Waals surface area contributed by atoms with Gasteiger partial charge in [0.1, 0.15) is 18.0 Å². The Kier molecular flexibility index (Phi) is 6.18. The Labute approximate surface area is 183 Å². The number of oxime groups is 1. The van der Waals surface area contributed by atoms with E-state index in [4.69, 9.17) is 4.84 Å². The van der Waals surface area contributed by atoms with Crippen molar-refractivity contribution in [1.29, 1.82) is 0 Å². The number of benzene rings is 1. The largest absolute Gasteiger partial charge is 0.416 e. The Morgan fingerprint density at radius 2 is 1.88 bits per heavy atom. The first kappa shape index (κ1) is 23.5. The molecule has 0 saturated carbocycles. The molecule has 0 unspecified atom stereocenters. The first-order chi connectivity index (χ1) is 14.8. The van der Waals surface area contributed by atoms with Crippen molar-refractivity contribution in [1.82, 2.24) is 19.4 Å². The van der Waals surface area contributed by atoms with Crippen LogP contribution in [0.4, 0.5) is 13.2 Å². The lowest BCUT2D eigenvalue weighted by Crippen LogP contribution is -2.25. The first-order valence-electron chi connectivity index (χ1n) is 9.47. The molecule has 32 heavy (non-hydrogen) atoms. The highest BCUT2D eigenvalue weighted by atomic mass is 32.2. The van der Waals surface area contributed by atoms with E-state index < -0.39 is 21.6 Å². The van der Waals surface area contributed by atoms with Crippen molar-refractivity contribution >= 4 is 26.7 Å². The molecule has 2 aromatic heterocycles. The second kappa shape index (κ2) is 8.41. The number of fused-ring (bicyclic) bond motifs is 1. The molecule has 0 amide bonds. The van der Waals surface area contributed by atoms with Crippen LogP contribution in [0.25, 0.3) is 22.6 Å². The van der Waals surface area contributed by atoms with Gasteiger partial charge in [0.2, 0.25) is 0 Å². The predicted molar refractivity (Wildman–Crippen MR) is 114 cm³/mol. The van der Waals surface area contributed by atoms with Crippen molar-refractivity contribution in [2.45, 2.75) is 18.0 Å². The number of aromatic nitrogens is 3. The number of amidine groups is 1. The van der Waals surface area contributed by atoms with E-state index in [2.05, 4.69) is 15.1 Å². The van der Waals surface area contributed by atoms with Crippen LogP contribution in [0.2, 0.25) is 0 Å². The number of alkyl halides is 3. The number of aryl methyl sites for hydroxylation is 1. The number of hydrogen-bond donors (Lipinski definition) is 0. The molecule has 0 radical (unpaired) electrons. The number of imidazole rings is 1. The van der Waals surface area contributed by atoms with Gasteiger partial charge in [0.25, 0.3) is 0 Å². The van der Waals surface area contributed by atoms with Crippen molar-refractivity contribution in [3.63, 3.8) is 0 Å². The van der Waals surface area contributed by atoms with Gasteiger partial charge in [0.05, 0.1) is 21.5 Å². The molecule has 0 atom stereocenters. The lowest BCUT2D eigenvalue weighted by atomic mass is 10.2. The van der Waals surface area contributed by atoms with Crippen LogP contribution in [0.1, 0.15) is 18.2 Å². The van der Waals surface area contributed by atoms with Crippen molar-refractivity contribution in [3.8, 4) is 11.5 Å². The molecule has 0 N–H and O–H groups in total. The van der Waals surface area contributed by atoms with Gasteiger partial charge in [-0.05, 0) is 37.3 Å². The summed E-state index contributed by atoms with van der Waals surface area (Å²) in [4.78, 5) is 15.4. The van der Waals surface area contributed by atoms with E-state index >= 15 is 0 Å². The molecule has 172 valence electrons. The lowest BCUT2D eigenvalue weighted by molar-refractivity contribution is -0.137. The maximum atomic E-state index is 13.1. The van der Waals surface area contributed by atoms with Gasteiger partial charge < -0.3 is 14.3 Å². The van der Waals surface area contributed by atoms with Gasteiger partial charge in [-0.25, -0.2) is 18.4 Å². The van der Waals surface area contributed by atoms with E-state index in [1.165, 1.54) is 22.8 Å². The third-order valence-electron chi connectivity index (χ3n) is 4.61. The first-order valence-corrected chi connectivity index (χ1v) is 11.4. The summed E-state index contributed by atoms with van der Waals surface area (Å²) in [6.07, 6.45) is -3.50. The maximum Gasteiger partial charge on any atom is 0.416 e. The van der Waals surface area contributed by atoms with Gasteiger partial charge in [-0.15, -0.1) is 0 Å². The summed E-state index contributed by atoms with van der Waals surface area (Å²) in [6, 6.07) is 6.03. The van der Waals surface area contributed by atoms with E-state index in [9.17, 15) is 21.6 Å². The minimum Gasteiger partial charge on any atom is -0.394 e. The van der Waals surface area contributed by atoms with Crippen molar-refractivity contribution < 1.29 is 26.4 Å². The highest BCUT2D eigenvalue weighted by molar-refractivity contribution is 7.90. The Balaban J connectivity index is 2.29. The Bertz CT molecular complexity index is 1300. The average molecular weight is 469 g/mol. The number of halogens is 3. The number of rotatable bonds is 5. The fraction of sp³-hybridized carbons (Fsp3) is 0.350. The fourth-order valence-electron chi connectivity index (χ4n) is 3.10. The van der Waals surface area contributed by atoms with Crippen LogP contribution >= 0.6 is 0 Å². The molecule has 0 spiro atoms. The zero-order chi connectivity index (χ0) is 23.8. The van der Waals surface area contributed by atoms with Crippen molar-refractivity contribution in [2.24, 2.45) is 12.2 Å². The molecular formula is C20H22F3N5O3S. The van der Waals surface area contributed by atoms with E-state index in [1.807, 2.05) is 0 Å². The van der Waals surface area contributed by atoms with Crippen LogP contribution in [-0.4, -0.2) is 60.6 Å². The molecule has 3 rings (SSSR count).